The molecule has 6 nitrogen and oxygen atoms in total. The van der Waals surface area contributed by atoms with Gasteiger partial charge in [0.1, 0.15) is 0 Å². The molecule has 2 N–H and O–H groups in total. The van der Waals surface area contributed by atoms with E-state index in [9.17, 15) is 0 Å². The zero-order valence-electron chi connectivity index (χ0n) is 19.2. The molecule has 0 spiro atoms. The second kappa shape index (κ2) is 13.6. The number of benzene rings is 1. The zero-order chi connectivity index (χ0) is 21.2. The minimum atomic E-state index is 0. The number of aromatic nitrogens is 2. The topological polar surface area (TPSA) is 63.5 Å². The molecule has 0 saturated carbocycles. The molecule has 7 heteroatoms. The monoisotopic (exact) mass is 527 g/mol. The van der Waals surface area contributed by atoms with E-state index in [1.165, 1.54) is 16.8 Å². The fraction of sp³-hybridized carbons (Fsp3) is 0.565. The van der Waals surface area contributed by atoms with Gasteiger partial charge in [0.05, 0.1) is 18.3 Å². The second-order valence-electron chi connectivity index (χ2n) is 7.67. The molecule has 2 aromatic rings. The van der Waals surface area contributed by atoms with E-state index in [2.05, 4.69) is 72.3 Å². The average molecular weight is 527 g/mol. The minimum absolute atomic E-state index is 0. The Bertz CT molecular complexity index is 773. The maximum atomic E-state index is 5.82. The molecule has 1 heterocycles. The summed E-state index contributed by atoms with van der Waals surface area (Å²) in [6.45, 7) is 13.7. The molecular formula is C23H38IN5O. The van der Waals surface area contributed by atoms with Gasteiger partial charge in [-0.3, -0.25) is 9.67 Å². The third-order valence-electron chi connectivity index (χ3n) is 5.21. The van der Waals surface area contributed by atoms with Crippen molar-refractivity contribution in [1.82, 2.24) is 20.4 Å². The van der Waals surface area contributed by atoms with Crippen molar-refractivity contribution >= 4 is 29.9 Å². The molecule has 30 heavy (non-hydrogen) atoms. The SMILES string of the molecule is CCOC(CCNC(=NC)NCc1c(C)nn(Cc2ccccc2)c1C)C(C)C.I. The molecule has 0 bridgehead atoms. The van der Waals surface area contributed by atoms with Crippen LogP contribution in [-0.4, -0.2) is 42.0 Å². The van der Waals surface area contributed by atoms with Crippen LogP contribution in [0.4, 0.5) is 0 Å². The molecule has 0 aliphatic rings. The van der Waals surface area contributed by atoms with Crippen LogP contribution < -0.4 is 10.6 Å². The van der Waals surface area contributed by atoms with Gasteiger partial charge in [0.15, 0.2) is 5.96 Å². The molecule has 0 fully saturated rings. The fourth-order valence-electron chi connectivity index (χ4n) is 3.45. The maximum absolute atomic E-state index is 5.82. The lowest BCUT2D eigenvalue weighted by Gasteiger charge is -2.21. The Kier molecular flexibility index (Phi) is 12.0. The molecule has 2 rings (SSSR count). The number of guanidine groups is 1. The van der Waals surface area contributed by atoms with Gasteiger partial charge in [-0.15, -0.1) is 24.0 Å². The van der Waals surface area contributed by atoms with Crippen LogP contribution in [0.2, 0.25) is 0 Å². The van der Waals surface area contributed by atoms with E-state index in [0.717, 1.165) is 37.8 Å². The third-order valence-corrected chi connectivity index (χ3v) is 5.21. The van der Waals surface area contributed by atoms with Crippen molar-refractivity contribution in [3.63, 3.8) is 0 Å². The van der Waals surface area contributed by atoms with Gasteiger partial charge in [-0.05, 0) is 38.7 Å². The summed E-state index contributed by atoms with van der Waals surface area (Å²) in [5.74, 6) is 1.31. The molecule has 168 valence electrons. The van der Waals surface area contributed by atoms with Gasteiger partial charge in [-0.2, -0.15) is 5.10 Å². The summed E-state index contributed by atoms with van der Waals surface area (Å²) in [5, 5.41) is 11.6. The van der Waals surface area contributed by atoms with E-state index in [-0.39, 0.29) is 30.1 Å². The maximum Gasteiger partial charge on any atom is 0.191 e. The lowest BCUT2D eigenvalue weighted by molar-refractivity contribution is 0.0258. The molecule has 0 amide bonds. The van der Waals surface area contributed by atoms with Crippen molar-refractivity contribution < 1.29 is 4.74 Å². The van der Waals surface area contributed by atoms with E-state index in [0.29, 0.717) is 12.5 Å². The first-order valence-electron chi connectivity index (χ1n) is 10.6. The Labute approximate surface area is 198 Å². The predicted octanol–water partition coefficient (Wildman–Crippen LogP) is 4.28. The van der Waals surface area contributed by atoms with Crippen LogP contribution in [0.1, 0.15) is 49.7 Å². The van der Waals surface area contributed by atoms with Gasteiger partial charge < -0.3 is 15.4 Å². The minimum Gasteiger partial charge on any atom is -0.378 e. The number of halogens is 1. The summed E-state index contributed by atoms with van der Waals surface area (Å²) < 4.78 is 7.90. The summed E-state index contributed by atoms with van der Waals surface area (Å²) in [7, 11) is 1.80. The van der Waals surface area contributed by atoms with Gasteiger partial charge in [-0.25, -0.2) is 0 Å². The van der Waals surface area contributed by atoms with Crippen molar-refractivity contribution in [3.8, 4) is 0 Å². The standard InChI is InChI=1S/C23H37N5O.HI/c1-7-29-22(17(2)3)13-14-25-23(24-6)26-15-21-18(4)27-28(19(21)5)16-20-11-9-8-10-12-20;/h8-12,17,22H,7,13-16H2,1-6H3,(H2,24,25,26);1H. The van der Waals surface area contributed by atoms with Crippen molar-refractivity contribution in [3.05, 3.63) is 52.8 Å². The zero-order valence-corrected chi connectivity index (χ0v) is 21.6. The highest BCUT2D eigenvalue weighted by atomic mass is 127. The molecular weight excluding hydrogens is 489 g/mol. The molecule has 0 radical (unpaired) electrons. The highest BCUT2D eigenvalue weighted by Gasteiger charge is 2.14. The number of hydrogen-bond acceptors (Lipinski definition) is 3. The van der Waals surface area contributed by atoms with E-state index in [1.807, 2.05) is 13.0 Å². The molecule has 0 aliphatic heterocycles. The van der Waals surface area contributed by atoms with Crippen molar-refractivity contribution in [1.29, 1.82) is 0 Å². The Morgan fingerprint density at radius 2 is 1.87 bits per heavy atom. The third kappa shape index (κ3) is 7.91. The van der Waals surface area contributed by atoms with Crippen molar-refractivity contribution in [2.75, 3.05) is 20.2 Å². The first kappa shape index (κ1) is 26.4. The number of aliphatic imine (C=N–C) groups is 1. The Morgan fingerprint density at radius 3 is 2.47 bits per heavy atom. The Hall–Kier alpha value is -1.61. The van der Waals surface area contributed by atoms with Gasteiger partial charge in [0, 0.05) is 38.0 Å². The number of nitrogens with zero attached hydrogens (tertiary/aromatic N) is 3. The van der Waals surface area contributed by atoms with Gasteiger partial charge >= 0.3 is 0 Å². The van der Waals surface area contributed by atoms with Crippen molar-refractivity contribution in [2.24, 2.45) is 10.9 Å². The number of ether oxygens (including phenoxy) is 1. The van der Waals surface area contributed by atoms with Crippen LogP contribution in [0, 0.1) is 19.8 Å². The van der Waals surface area contributed by atoms with Crippen LogP contribution in [0.15, 0.2) is 35.3 Å². The van der Waals surface area contributed by atoms with Crippen LogP contribution in [0.5, 0.6) is 0 Å². The van der Waals surface area contributed by atoms with Gasteiger partial charge in [-0.1, -0.05) is 44.2 Å². The number of aryl methyl sites for hydroxylation is 1. The largest absolute Gasteiger partial charge is 0.378 e. The van der Waals surface area contributed by atoms with Gasteiger partial charge in [0.2, 0.25) is 0 Å². The molecule has 0 aliphatic carbocycles. The Balaban J connectivity index is 0.00000450. The first-order chi connectivity index (χ1) is 14.0. The van der Waals surface area contributed by atoms with Gasteiger partial charge in [0.25, 0.3) is 0 Å². The molecule has 0 saturated heterocycles. The predicted molar refractivity (Wildman–Crippen MR) is 136 cm³/mol. The molecule has 1 aromatic carbocycles. The normalized spacial score (nSPS) is 12.6. The van der Waals surface area contributed by atoms with Crippen LogP contribution in [-0.2, 0) is 17.8 Å². The fourth-order valence-corrected chi connectivity index (χ4v) is 3.45. The number of hydrogen-bond donors (Lipinski definition) is 2. The highest BCUT2D eigenvalue weighted by Crippen LogP contribution is 2.15. The lowest BCUT2D eigenvalue weighted by Crippen LogP contribution is -2.39. The summed E-state index contributed by atoms with van der Waals surface area (Å²) >= 11 is 0. The smallest absolute Gasteiger partial charge is 0.191 e. The highest BCUT2D eigenvalue weighted by molar-refractivity contribution is 14.0. The van der Waals surface area contributed by atoms with E-state index in [1.54, 1.807) is 7.05 Å². The molecule has 1 aromatic heterocycles. The average Bonchev–Trinajstić information content (AvgIpc) is 2.97. The quantitative estimate of drug-likeness (QED) is 0.275. The van der Waals surface area contributed by atoms with Crippen LogP contribution in [0.25, 0.3) is 0 Å². The lowest BCUT2D eigenvalue weighted by atomic mass is 10.0. The second-order valence-corrected chi connectivity index (χ2v) is 7.67. The Morgan fingerprint density at radius 1 is 1.17 bits per heavy atom. The molecule has 1 unspecified atom stereocenters. The summed E-state index contributed by atoms with van der Waals surface area (Å²) in [5.41, 5.74) is 4.71. The first-order valence-corrected chi connectivity index (χ1v) is 10.6. The number of nitrogens with one attached hydrogen (secondary N) is 2. The number of rotatable bonds is 10. The van der Waals surface area contributed by atoms with Crippen LogP contribution in [0.3, 0.4) is 0 Å². The van der Waals surface area contributed by atoms with E-state index in [4.69, 9.17) is 9.84 Å². The summed E-state index contributed by atoms with van der Waals surface area (Å²) in [6, 6.07) is 10.4. The molecule has 1 atom stereocenters. The van der Waals surface area contributed by atoms with E-state index < -0.39 is 0 Å². The van der Waals surface area contributed by atoms with Crippen molar-refractivity contribution in [2.45, 2.75) is 60.2 Å². The summed E-state index contributed by atoms with van der Waals surface area (Å²) in [4.78, 5) is 4.35. The summed E-state index contributed by atoms with van der Waals surface area (Å²) in [6.07, 6.45) is 1.23. The van der Waals surface area contributed by atoms with E-state index >= 15 is 0 Å². The van der Waals surface area contributed by atoms with Crippen LogP contribution >= 0.6 is 24.0 Å².